The van der Waals surface area contributed by atoms with E-state index in [1.807, 2.05) is 23.6 Å². The smallest absolute Gasteiger partial charge is 0.264 e. The maximum atomic E-state index is 5.68. The third kappa shape index (κ3) is 3.00. The van der Waals surface area contributed by atoms with Crippen LogP contribution in [0.15, 0.2) is 44.7 Å². The summed E-state index contributed by atoms with van der Waals surface area (Å²) in [5.41, 5.74) is 6.33. The molecule has 0 fully saturated rings. The van der Waals surface area contributed by atoms with Crippen LogP contribution >= 0.6 is 27.3 Å². The van der Waals surface area contributed by atoms with Crippen molar-refractivity contribution in [2.45, 2.75) is 6.61 Å². The standard InChI is InChI=1S/C13H10BrN3O2S/c14-8-4-11(20-7-8)13-16-12(19-17-13)6-18-10-3-1-2-9(15)5-10/h1-5,7H,6,15H2. The highest BCUT2D eigenvalue weighted by Gasteiger charge is 2.11. The molecule has 3 rings (SSSR count). The summed E-state index contributed by atoms with van der Waals surface area (Å²) in [6.07, 6.45) is 0. The Morgan fingerprint density at radius 2 is 2.25 bits per heavy atom. The van der Waals surface area contributed by atoms with Crippen LogP contribution in [0.2, 0.25) is 0 Å². The molecule has 0 bridgehead atoms. The predicted octanol–water partition coefficient (Wildman–Crippen LogP) is 3.72. The van der Waals surface area contributed by atoms with E-state index in [0.717, 1.165) is 9.35 Å². The van der Waals surface area contributed by atoms with Gasteiger partial charge in [0.05, 0.1) is 4.88 Å². The molecule has 0 amide bonds. The number of anilines is 1. The first-order chi connectivity index (χ1) is 9.70. The van der Waals surface area contributed by atoms with Crippen molar-refractivity contribution in [1.82, 2.24) is 10.1 Å². The van der Waals surface area contributed by atoms with Gasteiger partial charge in [0, 0.05) is 21.6 Å². The highest BCUT2D eigenvalue weighted by Crippen LogP contribution is 2.27. The number of hydrogen-bond acceptors (Lipinski definition) is 6. The van der Waals surface area contributed by atoms with Crippen LogP contribution in [0, 0.1) is 0 Å². The van der Waals surface area contributed by atoms with E-state index in [2.05, 4.69) is 26.1 Å². The minimum absolute atomic E-state index is 0.211. The Kier molecular flexibility index (Phi) is 3.70. The van der Waals surface area contributed by atoms with Crippen molar-refractivity contribution in [3.05, 3.63) is 46.1 Å². The number of hydrogen-bond donors (Lipinski definition) is 1. The maximum absolute atomic E-state index is 5.68. The van der Waals surface area contributed by atoms with Crippen LogP contribution in [0.25, 0.3) is 10.7 Å². The molecule has 2 aromatic heterocycles. The zero-order valence-corrected chi connectivity index (χ0v) is 12.6. The molecular formula is C13H10BrN3O2S. The lowest BCUT2D eigenvalue weighted by Crippen LogP contribution is -1.96. The van der Waals surface area contributed by atoms with Crippen molar-refractivity contribution in [2.24, 2.45) is 0 Å². The summed E-state index contributed by atoms with van der Waals surface area (Å²) in [4.78, 5) is 5.23. The molecule has 102 valence electrons. The van der Waals surface area contributed by atoms with Gasteiger partial charge in [-0.2, -0.15) is 4.98 Å². The van der Waals surface area contributed by atoms with Crippen molar-refractivity contribution in [2.75, 3.05) is 5.73 Å². The van der Waals surface area contributed by atoms with E-state index in [1.165, 1.54) is 0 Å². The number of rotatable bonds is 4. The van der Waals surface area contributed by atoms with Gasteiger partial charge >= 0.3 is 0 Å². The lowest BCUT2D eigenvalue weighted by Gasteiger charge is -2.02. The van der Waals surface area contributed by atoms with Crippen LogP contribution in [0.5, 0.6) is 5.75 Å². The topological polar surface area (TPSA) is 74.2 Å². The lowest BCUT2D eigenvalue weighted by molar-refractivity contribution is 0.243. The number of aromatic nitrogens is 2. The Bertz CT molecular complexity index is 726. The zero-order chi connectivity index (χ0) is 13.9. The van der Waals surface area contributed by atoms with Gasteiger partial charge < -0.3 is 15.0 Å². The van der Waals surface area contributed by atoms with E-state index in [4.69, 9.17) is 15.0 Å². The average Bonchev–Trinajstić information content (AvgIpc) is 3.05. The van der Waals surface area contributed by atoms with Gasteiger partial charge in [0.25, 0.3) is 5.89 Å². The first kappa shape index (κ1) is 13.1. The Hall–Kier alpha value is -1.86. The molecule has 2 heterocycles. The number of nitrogens with two attached hydrogens (primary N) is 1. The molecule has 0 unspecified atom stereocenters. The second-order valence-electron chi connectivity index (χ2n) is 4.00. The Morgan fingerprint density at radius 1 is 1.35 bits per heavy atom. The lowest BCUT2D eigenvalue weighted by atomic mass is 10.3. The van der Waals surface area contributed by atoms with Crippen molar-refractivity contribution in [3.63, 3.8) is 0 Å². The van der Waals surface area contributed by atoms with Crippen LogP contribution < -0.4 is 10.5 Å². The van der Waals surface area contributed by atoms with Crippen LogP contribution in [0.1, 0.15) is 5.89 Å². The first-order valence-corrected chi connectivity index (χ1v) is 7.43. The molecule has 0 aliphatic rings. The zero-order valence-electron chi connectivity index (χ0n) is 10.2. The van der Waals surface area contributed by atoms with Crippen LogP contribution in [0.4, 0.5) is 5.69 Å². The second-order valence-corrected chi connectivity index (χ2v) is 5.83. The first-order valence-electron chi connectivity index (χ1n) is 5.76. The third-order valence-corrected chi connectivity index (χ3v) is 4.16. The van der Waals surface area contributed by atoms with Crippen molar-refractivity contribution >= 4 is 33.0 Å². The van der Waals surface area contributed by atoms with Gasteiger partial charge in [0.1, 0.15) is 5.75 Å². The normalized spacial score (nSPS) is 10.7. The van der Waals surface area contributed by atoms with Crippen LogP contribution in [0.3, 0.4) is 0 Å². The fraction of sp³-hybridized carbons (Fsp3) is 0.0769. The fourth-order valence-electron chi connectivity index (χ4n) is 1.59. The summed E-state index contributed by atoms with van der Waals surface area (Å²) in [6, 6.07) is 9.13. The predicted molar refractivity (Wildman–Crippen MR) is 80.5 cm³/mol. The number of nitrogens with zero attached hydrogens (tertiary/aromatic N) is 2. The summed E-state index contributed by atoms with van der Waals surface area (Å²) >= 11 is 4.94. The fourth-order valence-corrected chi connectivity index (χ4v) is 2.95. The highest BCUT2D eigenvalue weighted by molar-refractivity contribution is 9.10. The SMILES string of the molecule is Nc1cccc(OCc2nc(-c3cc(Br)cs3)no2)c1. The summed E-state index contributed by atoms with van der Waals surface area (Å²) < 4.78 is 11.7. The van der Waals surface area contributed by atoms with E-state index in [0.29, 0.717) is 23.2 Å². The minimum Gasteiger partial charge on any atom is -0.484 e. The molecule has 0 saturated heterocycles. The van der Waals surface area contributed by atoms with E-state index in [1.54, 1.807) is 23.5 Å². The Balaban J connectivity index is 1.68. The molecule has 5 nitrogen and oxygen atoms in total. The summed E-state index contributed by atoms with van der Waals surface area (Å²) in [6.45, 7) is 0.211. The highest BCUT2D eigenvalue weighted by atomic mass is 79.9. The average molecular weight is 352 g/mol. The van der Waals surface area contributed by atoms with Gasteiger partial charge in [-0.1, -0.05) is 11.2 Å². The molecule has 0 spiro atoms. The monoisotopic (exact) mass is 351 g/mol. The summed E-state index contributed by atoms with van der Waals surface area (Å²) in [7, 11) is 0. The number of halogens is 1. The molecule has 0 radical (unpaired) electrons. The number of nitrogen functional groups attached to an aromatic ring is 1. The molecular weight excluding hydrogens is 342 g/mol. The van der Waals surface area contributed by atoms with Gasteiger partial charge in [-0.3, -0.25) is 0 Å². The Morgan fingerprint density at radius 3 is 3.00 bits per heavy atom. The van der Waals surface area contributed by atoms with Gasteiger partial charge in [-0.05, 0) is 34.1 Å². The molecule has 1 aromatic carbocycles. The molecule has 2 N–H and O–H groups in total. The summed E-state index contributed by atoms with van der Waals surface area (Å²) in [5, 5.41) is 5.90. The minimum atomic E-state index is 0.211. The molecule has 0 aliphatic carbocycles. The quantitative estimate of drug-likeness (QED) is 0.725. The van der Waals surface area contributed by atoms with Gasteiger partial charge in [-0.15, -0.1) is 11.3 Å². The molecule has 0 saturated carbocycles. The molecule has 3 aromatic rings. The van der Waals surface area contributed by atoms with E-state index >= 15 is 0 Å². The Labute approximate surface area is 127 Å². The third-order valence-electron chi connectivity index (χ3n) is 2.48. The van der Waals surface area contributed by atoms with Gasteiger partial charge in [-0.25, -0.2) is 0 Å². The van der Waals surface area contributed by atoms with E-state index in [9.17, 15) is 0 Å². The van der Waals surface area contributed by atoms with Crippen molar-refractivity contribution < 1.29 is 9.26 Å². The molecule has 0 atom stereocenters. The molecule has 0 aliphatic heterocycles. The molecule has 7 heteroatoms. The van der Waals surface area contributed by atoms with Gasteiger partial charge in [0.2, 0.25) is 5.82 Å². The maximum Gasteiger partial charge on any atom is 0.264 e. The number of benzene rings is 1. The van der Waals surface area contributed by atoms with E-state index < -0.39 is 0 Å². The van der Waals surface area contributed by atoms with Crippen LogP contribution in [-0.4, -0.2) is 10.1 Å². The van der Waals surface area contributed by atoms with Crippen molar-refractivity contribution in [3.8, 4) is 16.5 Å². The van der Waals surface area contributed by atoms with Crippen LogP contribution in [-0.2, 0) is 6.61 Å². The van der Waals surface area contributed by atoms with Crippen molar-refractivity contribution in [1.29, 1.82) is 0 Å². The van der Waals surface area contributed by atoms with E-state index in [-0.39, 0.29) is 6.61 Å². The second kappa shape index (κ2) is 5.64. The number of ether oxygens (including phenoxy) is 1. The largest absolute Gasteiger partial charge is 0.484 e. The number of thiophene rings is 1. The van der Waals surface area contributed by atoms with Gasteiger partial charge in [0.15, 0.2) is 6.61 Å². The summed E-state index contributed by atoms with van der Waals surface area (Å²) in [5.74, 6) is 1.66. The molecule has 20 heavy (non-hydrogen) atoms.